The first-order chi connectivity index (χ1) is 16.0. The van der Waals surface area contributed by atoms with E-state index >= 15 is 0 Å². The van der Waals surface area contributed by atoms with E-state index < -0.39 is 5.97 Å². The number of rotatable bonds is 7. The van der Waals surface area contributed by atoms with Crippen molar-refractivity contribution in [3.63, 3.8) is 0 Å². The van der Waals surface area contributed by atoms with Crippen LogP contribution in [0, 0.1) is 6.92 Å². The van der Waals surface area contributed by atoms with Crippen LogP contribution in [0.1, 0.15) is 46.7 Å². The maximum atomic E-state index is 13.0. The largest absolute Gasteiger partial charge is 0.483 e. The highest BCUT2D eigenvalue weighted by atomic mass is 16.5. The zero-order chi connectivity index (χ0) is 23.4. The Morgan fingerprint density at radius 3 is 2.55 bits per heavy atom. The molecule has 0 unspecified atom stereocenters. The molecule has 1 aromatic heterocycles. The molecule has 7 heteroatoms. The number of ether oxygens (including phenoxy) is 2. The lowest BCUT2D eigenvalue weighted by molar-refractivity contribution is -0.134. The topological polar surface area (TPSA) is 73.7 Å². The predicted molar refractivity (Wildman–Crippen MR) is 125 cm³/mol. The number of amides is 1. The van der Waals surface area contributed by atoms with Gasteiger partial charge in [-0.05, 0) is 44.0 Å². The lowest BCUT2D eigenvalue weighted by Crippen LogP contribution is -2.39. The van der Waals surface area contributed by atoms with Gasteiger partial charge in [-0.3, -0.25) is 4.79 Å². The highest BCUT2D eigenvalue weighted by molar-refractivity contribution is 5.90. The van der Waals surface area contributed by atoms with Crippen LogP contribution in [-0.4, -0.2) is 46.3 Å². The SMILES string of the molecule is CCOC(=O)c1nn(-c2ccc(C)cc2)c2c1CN(C(=O)COc1ccccc1CC)CC2. The first-order valence-corrected chi connectivity index (χ1v) is 11.3. The number of aromatic nitrogens is 2. The summed E-state index contributed by atoms with van der Waals surface area (Å²) in [4.78, 5) is 27.3. The molecule has 0 fully saturated rings. The average Bonchev–Trinajstić information content (AvgIpc) is 3.22. The van der Waals surface area contributed by atoms with Gasteiger partial charge in [0.05, 0.1) is 24.5 Å². The zero-order valence-electron chi connectivity index (χ0n) is 19.3. The van der Waals surface area contributed by atoms with Crippen molar-refractivity contribution in [2.45, 2.75) is 40.2 Å². The number of carbonyl (C=O) groups is 2. The molecule has 172 valence electrons. The Labute approximate surface area is 193 Å². The predicted octanol–water partition coefficient (Wildman–Crippen LogP) is 3.88. The van der Waals surface area contributed by atoms with E-state index in [0.29, 0.717) is 19.5 Å². The molecule has 0 radical (unpaired) electrons. The lowest BCUT2D eigenvalue weighted by Gasteiger charge is -2.28. The summed E-state index contributed by atoms with van der Waals surface area (Å²) >= 11 is 0. The number of para-hydroxylation sites is 1. The number of aryl methyl sites for hydroxylation is 2. The van der Waals surface area contributed by atoms with E-state index in [1.807, 2.05) is 55.5 Å². The van der Waals surface area contributed by atoms with Crippen molar-refractivity contribution in [3.05, 3.63) is 76.6 Å². The van der Waals surface area contributed by atoms with E-state index in [9.17, 15) is 9.59 Å². The molecular formula is C26H29N3O4. The van der Waals surface area contributed by atoms with Gasteiger partial charge in [-0.15, -0.1) is 0 Å². The van der Waals surface area contributed by atoms with Crippen molar-refractivity contribution in [2.75, 3.05) is 19.8 Å². The van der Waals surface area contributed by atoms with Gasteiger partial charge in [-0.1, -0.05) is 42.8 Å². The van der Waals surface area contributed by atoms with Crippen LogP contribution >= 0.6 is 0 Å². The average molecular weight is 448 g/mol. The van der Waals surface area contributed by atoms with Crippen molar-refractivity contribution in [1.82, 2.24) is 14.7 Å². The molecule has 0 saturated carbocycles. The normalized spacial score (nSPS) is 12.9. The number of hydrogen-bond acceptors (Lipinski definition) is 5. The Hall–Kier alpha value is -3.61. The minimum Gasteiger partial charge on any atom is -0.483 e. The van der Waals surface area contributed by atoms with Crippen molar-refractivity contribution in [1.29, 1.82) is 0 Å². The van der Waals surface area contributed by atoms with Crippen LogP contribution in [0.25, 0.3) is 5.69 Å². The molecule has 1 aliphatic rings. The van der Waals surface area contributed by atoms with Gasteiger partial charge in [0.1, 0.15) is 5.75 Å². The minimum atomic E-state index is -0.470. The molecule has 2 heterocycles. The van der Waals surface area contributed by atoms with Crippen LogP contribution < -0.4 is 4.74 Å². The third kappa shape index (κ3) is 4.77. The van der Waals surface area contributed by atoms with Gasteiger partial charge in [-0.25, -0.2) is 9.48 Å². The fraction of sp³-hybridized carbons (Fsp3) is 0.346. The monoisotopic (exact) mass is 447 g/mol. The first kappa shape index (κ1) is 22.6. The van der Waals surface area contributed by atoms with Gasteiger partial charge in [0.25, 0.3) is 5.91 Å². The number of benzene rings is 2. The summed E-state index contributed by atoms with van der Waals surface area (Å²) < 4.78 is 12.9. The van der Waals surface area contributed by atoms with Gasteiger partial charge in [0, 0.05) is 18.5 Å². The zero-order valence-corrected chi connectivity index (χ0v) is 19.3. The minimum absolute atomic E-state index is 0.0484. The Morgan fingerprint density at radius 2 is 1.82 bits per heavy atom. The van der Waals surface area contributed by atoms with Crippen molar-refractivity contribution >= 4 is 11.9 Å². The fourth-order valence-corrected chi connectivity index (χ4v) is 4.06. The molecule has 4 rings (SSSR count). The highest BCUT2D eigenvalue weighted by Crippen LogP contribution is 2.27. The van der Waals surface area contributed by atoms with E-state index in [2.05, 4.69) is 12.0 Å². The van der Waals surface area contributed by atoms with E-state index in [4.69, 9.17) is 9.47 Å². The van der Waals surface area contributed by atoms with Gasteiger partial charge in [0.15, 0.2) is 12.3 Å². The molecule has 0 N–H and O–H groups in total. The van der Waals surface area contributed by atoms with Crippen LogP contribution in [0.4, 0.5) is 0 Å². The molecule has 1 aliphatic heterocycles. The van der Waals surface area contributed by atoms with Gasteiger partial charge < -0.3 is 14.4 Å². The fourth-order valence-electron chi connectivity index (χ4n) is 4.06. The van der Waals surface area contributed by atoms with E-state index in [1.54, 1.807) is 16.5 Å². The second kappa shape index (κ2) is 9.90. The number of nitrogens with zero attached hydrogens (tertiary/aromatic N) is 3. The van der Waals surface area contributed by atoms with Crippen LogP contribution in [-0.2, 0) is 28.9 Å². The summed E-state index contributed by atoms with van der Waals surface area (Å²) in [5.41, 5.74) is 5.03. The van der Waals surface area contributed by atoms with E-state index in [-0.39, 0.29) is 24.8 Å². The molecule has 0 aliphatic carbocycles. The van der Waals surface area contributed by atoms with Crippen molar-refractivity contribution in [3.8, 4) is 11.4 Å². The van der Waals surface area contributed by atoms with Crippen LogP contribution in [0.15, 0.2) is 48.5 Å². The van der Waals surface area contributed by atoms with Crippen LogP contribution in [0.3, 0.4) is 0 Å². The Bertz CT molecular complexity index is 1150. The molecule has 0 atom stereocenters. The molecule has 3 aromatic rings. The second-order valence-corrected chi connectivity index (χ2v) is 8.06. The summed E-state index contributed by atoms with van der Waals surface area (Å²) in [5.74, 6) is 0.136. The van der Waals surface area contributed by atoms with Gasteiger partial charge in [-0.2, -0.15) is 5.10 Å². The quantitative estimate of drug-likeness (QED) is 0.514. The highest BCUT2D eigenvalue weighted by Gasteiger charge is 2.31. The molecular weight excluding hydrogens is 418 g/mol. The van der Waals surface area contributed by atoms with Crippen molar-refractivity contribution in [2.24, 2.45) is 0 Å². The Kier molecular flexibility index (Phi) is 6.77. The third-order valence-corrected chi connectivity index (χ3v) is 5.86. The van der Waals surface area contributed by atoms with Gasteiger partial charge in [0.2, 0.25) is 0 Å². The maximum Gasteiger partial charge on any atom is 0.359 e. The molecule has 0 bridgehead atoms. The summed E-state index contributed by atoms with van der Waals surface area (Å²) in [5, 5.41) is 4.59. The lowest BCUT2D eigenvalue weighted by atomic mass is 10.0. The van der Waals surface area contributed by atoms with Gasteiger partial charge >= 0.3 is 5.97 Å². The molecule has 1 amide bonds. The number of fused-ring (bicyclic) bond motifs is 1. The first-order valence-electron chi connectivity index (χ1n) is 11.3. The number of hydrogen-bond donors (Lipinski definition) is 0. The molecule has 0 saturated heterocycles. The molecule has 33 heavy (non-hydrogen) atoms. The molecule has 7 nitrogen and oxygen atoms in total. The number of carbonyl (C=O) groups excluding carboxylic acids is 2. The van der Waals surface area contributed by atoms with E-state index in [0.717, 1.165) is 40.2 Å². The smallest absolute Gasteiger partial charge is 0.359 e. The third-order valence-electron chi connectivity index (χ3n) is 5.86. The summed E-state index contributed by atoms with van der Waals surface area (Å²) in [6.45, 7) is 6.89. The molecule has 2 aromatic carbocycles. The summed E-state index contributed by atoms with van der Waals surface area (Å²) in [6.07, 6.45) is 1.42. The van der Waals surface area contributed by atoms with Crippen LogP contribution in [0.5, 0.6) is 5.75 Å². The second-order valence-electron chi connectivity index (χ2n) is 8.06. The van der Waals surface area contributed by atoms with Crippen LogP contribution in [0.2, 0.25) is 0 Å². The van der Waals surface area contributed by atoms with E-state index in [1.165, 1.54) is 0 Å². The molecule has 0 spiro atoms. The summed E-state index contributed by atoms with van der Waals surface area (Å²) in [6, 6.07) is 15.7. The van der Waals surface area contributed by atoms with Crippen molar-refractivity contribution < 1.29 is 19.1 Å². The number of esters is 1. The standard InChI is InChI=1S/C26H29N3O4/c1-4-19-8-6-7-9-23(19)33-17-24(30)28-15-14-22-21(16-28)25(26(31)32-5-2)27-29(22)20-12-10-18(3)11-13-20/h6-13H,4-5,14-17H2,1-3H3. The maximum absolute atomic E-state index is 13.0. The Balaban J connectivity index is 1.57. The summed E-state index contributed by atoms with van der Waals surface area (Å²) in [7, 11) is 0. The Morgan fingerprint density at radius 1 is 1.06 bits per heavy atom.